The number of para-hydroxylation sites is 2. The largest absolute Gasteiger partial charge is 0.374 e. The van der Waals surface area contributed by atoms with Crippen LogP contribution in [0.4, 0.5) is 11.4 Å². The Morgan fingerprint density at radius 1 is 0.848 bits per heavy atom. The molecule has 3 aliphatic rings. The van der Waals surface area contributed by atoms with Crippen LogP contribution in [0.5, 0.6) is 0 Å². The van der Waals surface area contributed by atoms with Crippen molar-refractivity contribution in [1.29, 1.82) is 0 Å². The molecule has 246 valence electrons. The van der Waals surface area contributed by atoms with Gasteiger partial charge in [0.05, 0.1) is 11.0 Å². The third kappa shape index (κ3) is 6.79. The SMILES string of the molecule is CC1(C)C(/C2=C/C=C\C=C/CC23Nc2ccccc2C3(C)C)=[N+](CCCCCC(=O)NCCCNCCCCN)c2ccccc21. The molecule has 2 aromatic rings. The van der Waals surface area contributed by atoms with Crippen molar-refractivity contribution in [1.82, 2.24) is 10.6 Å². The summed E-state index contributed by atoms with van der Waals surface area (Å²) in [6.45, 7) is 13.9. The van der Waals surface area contributed by atoms with Crippen LogP contribution in [-0.4, -0.2) is 54.5 Å². The van der Waals surface area contributed by atoms with Gasteiger partial charge in [0.15, 0.2) is 5.71 Å². The number of nitrogens with one attached hydrogen (secondary N) is 3. The van der Waals surface area contributed by atoms with Gasteiger partial charge in [0.2, 0.25) is 11.6 Å². The number of allylic oxidation sites excluding steroid dienone is 4. The van der Waals surface area contributed by atoms with Crippen molar-refractivity contribution in [2.24, 2.45) is 5.73 Å². The van der Waals surface area contributed by atoms with Crippen LogP contribution < -0.4 is 21.7 Å². The molecule has 6 heteroatoms. The summed E-state index contributed by atoms with van der Waals surface area (Å²) < 4.78 is 2.60. The predicted octanol–water partition coefficient (Wildman–Crippen LogP) is 7.04. The monoisotopic (exact) mass is 622 g/mol. The van der Waals surface area contributed by atoms with Crippen molar-refractivity contribution in [3.05, 3.63) is 95.6 Å². The van der Waals surface area contributed by atoms with Crippen LogP contribution in [0, 0.1) is 0 Å². The van der Waals surface area contributed by atoms with E-state index in [1.54, 1.807) is 0 Å². The van der Waals surface area contributed by atoms with Crippen LogP contribution in [0.3, 0.4) is 0 Å². The molecule has 1 atom stereocenters. The Morgan fingerprint density at radius 2 is 1.61 bits per heavy atom. The summed E-state index contributed by atoms with van der Waals surface area (Å²) in [5.41, 5.74) is 13.0. The summed E-state index contributed by atoms with van der Waals surface area (Å²) in [5.74, 6) is 0.165. The minimum Gasteiger partial charge on any atom is -0.374 e. The molecule has 1 amide bonds. The molecular weight excluding hydrogens is 566 g/mol. The van der Waals surface area contributed by atoms with Gasteiger partial charge in [0.25, 0.3) is 0 Å². The fraction of sp³-hybridized carbons (Fsp3) is 0.500. The van der Waals surface area contributed by atoms with Crippen molar-refractivity contribution < 1.29 is 9.37 Å². The number of amides is 1. The number of rotatable bonds is 15. The van der Waals surface area contributed by atoms with Gasteiger partial charge in [-0.3, -0.25) is 4.79 Å². The maximum Gasteiger partial charge on any atom is 0.219 e. The quantitative estimate of drug-likeness (QED) is 0.127. The van der Waals surface area contributed by atoms with E-state index in [0.717, 1.165) is 77.7 Å². The summed E-state index contributed by atoms with van der Waals surface area (Å²) in [6, 6.07) is 17.8. The van der Waals surface area contributed by atoms with Gasteiger partial charge in [-0.2, -0.15) is 4.58 Å². The number of nitrogens with two attached hydrogens (primary N) is 1. The summed E-state index contributed by atoms with van der Waals surface area (Å²) >= 11 is 0. The smallest absolute Gasteiger partial charge is 0.219 e. The Kier molecular flexibility index (Phi) is 11.0. The van der Waals surface area contributed by atoms with E-state index in [0.29, 0.717) is 6.42 Å². The number of anilines is 1. The highest BCUT2D eigenvalue weighted by Gasteiger charge is 2.59. The lowest BCUT2D eigenvalue weighted by Gasteiger charge is -2.44. The van der Waals surface area contributed by atoms with E-state index in [1.807, 2.05) is 0 Å². The molecule has 0 aromatic heterocycles. The van der Waals surface area contributed by atoms with E-state index in [2.05, 4.69) is 127 Å². The molecule has 0 saturated carbocycles. The molecule has 0 saturated heterocycles. The Labute approximate surface area is 277 Å². The summed E-state index contributed by atoms with van der Waals surface area (Å²) in [4.78, 5) is 12.5. The van der Waals surface area contributed by atoms with Crippen molar-refractivity contribution >= 4 is 23.0 Å². The molecule has 46 heavy (non-hydrogen) atoms. The number of benzene rings is 2. The summed E-state index contributed by atoms with van der Waals surface area (Å²) in [7, 11) is 0. The van der Waals surface area contributed by atoms with Gasteiger partial charge in [-0.25, -0.2) is 0 Å². The van der Waals surface area contributed by atoms with Gasteiger partial charge in [-0.15, -0.1) is 0 Å². The van der Waals surface area contributed by atoms with E-state index in [-0.39, 0.29) is 22.3 Å². The second-order valence-electron chi connectivity index (χ2n) is 14.2. The Balaban J connectivity index is 1.31. The van der Waals surface area contributed by atoms with E-state index in [4.69, 9.17) is 5.73 Å². The first-order valence-electron chi connectivity index (χ1n) is 17.6. The lowest BCUT2D eigenvalue weighted by molar-refractivity contribution is -0.439. The number of hydrogen-bond acceptors (Lipinski definition) is 4. The molecule has 1 unspecified atom stereocenters. The predicted molar refractivity (Wildman–Crippen MR) is 193 cm³/mol. The molecule has 1 aliphatic carbocycles. The second-order valence-corrected chi connectivity index (χ2v) is 14.2. The van der Waals surface area contributed by atoms with Gasteiger partial charge < -0.3 is 21.7 Å². The van der Waals surface area contributed by atoms with Crippen LogP contribution in [0.25, 0.3) is 0 Å². The van der Waals surface area contributed by atoms with Gasteiger partial charge in [-0.05, 0) is 83.6 Å². The fourth-order valence-corrected chi connectivity index (χ4v) is 7.85. The summed E-state index contributed by atoms with van der Waals surface area (Å²) in [5, 5.41) is 10.6. The molecule has 0 bridgehead atoms. The lowest BCUT2D eigenvalue weighted by Crippen LogP contribution is -2.55. The Hall–Kier alpha value is -3.48. The third-order valence-corrected chi connectivity index (χ3v) is 10.5. The van der Waals surface area contributed by atoms with Gasteiger partial charge in [-0.1, -0.05) is 80.6 Å². The van der Waals surface area contributed by atoms with E-state index in [9.17, 15) is 4.79 Å². The fourth-order valence-electron chi connectivity index (χ4n) is 7.85. The van der Waals surface area contributed by atoms with E-state index >= 15 is 0 Å². The standard InChI is InChI=1S/C40H55N5O/c1-38(2)32-20-11-13-23-35(32)45(30-17-7-9-24-36(46)43-29-18-28-42-27-16-15-26-41)37(38)33-21-8-5-6-14-25-40(33)39(3,4)31-19-10-12-22-34(31)44-40/h5-6,8,10-14,19-23,42,44H,7,9,15-18,24-30,41H2,1-4H3/p+1/b8-5-,14-6-,33-21-. The third-order valence-electron chi connectivity index (χ3n) is 10.5. The van der Waals surface area contributed by atoms with Crippen molar-refractivity contribution in [3.8, 4) is 0 Å². The van der Waals surface area contributed by atoms with Crippen LogP contribution in [-0.2, 0) is 15.6 Å². The molecule has 0 radical (unpaired) electrons. The number of unbranched alkanes of at least 4 members (excludes halogenated alkanes) is 3. The number of carbonyl (C=O) groups excluding carboxylic acids is 1. The molecular formula is C40H56N5O+. The van der Waals surface area contributed by atoms with Crippen LogP contribution in [0.1, 0.15) is 90.2 Å². The van der Waals surface area contributed by atoms with Gasteiger partial charge in [0.1, 0.15) is 6.54 Å². The minimum absolute atomic E-state index is 0.137. The molecule has 6 nitrogen and oxygen atoms in total. The average Bonchev–Trinajstić information content (AvgIpc) is 3.40. The maximum atomic E-state index is 12.5. The molecule has 0 fully saturated rings. The normalized spacial score (nSPS) is 23.1. The molecule has 2 heterocycles. The molecule has 2 aromatic carbocycles. The van der Waals surface area contributed by atoms with Crippen LogP contribution >= 0.6 is 0 Å². The highest BCUT2D eigenvalue weighted by atomic mass is 16.1. The van der Waals surface area contributed by atoms with Crippen molar-refractivity contribution in [3.63, 3.8) is 0 Å². The van der Waals surface area contributed by atoms with Crippen molar-refractivity contribution in [2.75, 3.05) is 38.0 Å². The van der Waals surface area contributed by atoms with Crippen LogP contribution in [0.15, 0.2) is 84.5 Å². The van der Waals surface area contributed by atoms with Crippen molar-refractivity contribution in [2.45, 2.75) is 95.4 Å². The maximum absolute atomic E-state index is 12.5. The topological polar surface area (TPSA) is 82.2 Å². The van der Waals surface area contributed by atoms with E-state index < -0.39 is 0 Å². The zero-order valence-electron chi connectivity index (χ0n) is 28.6. The average molecular weight is 623 g/mol. The zero-order valence-corrected chi connectivity index (χ0v) is 28.6. The Morgan fingerprint density at radius 3 is 2.41 bits per heavy atom. The highest BCUT2D eigenvalue weighted by Crippen LogP contribution is 2.55. The molecule has 5 rings (SSSR count). The van der Waals surface area contributed by atoms with Gasteiger partial charge in [0, 0.05) is 47.7 Å². The molecule has 2 aliphatic heterocycles. The second kappa shape index (κ2) is 15.0. The molecule has 5 N–H and O–H groups in total. The Bertz CT molecular complexity index is 1500. The minimum atomic E-state index is -0.303. The first-order chi connectivity index (χ1) is 22.2. The highest BCUT2D eigenvalue weighted by molar-refractivity contribution is 6.10. The van der Waals surface area contributed by atoms with E-state index in [1.165, 1.54) is 33.8 Å². The number of nitrogens with zero attached hydrogens (tertiary/aromatic N) is 1. The lowest BCUT2D eigenvalue weighted by atomic mass is 9.61. The van der Waals surface area contributed by atoms with Crippen LogP contribution in [0.2, 0.25) is 0 Å². The first kappa shape index (κ1) is 33.9. The first-order valence-corrected chi connectivity index (χ1v) is 17.6. The van der Waals surface area contributed by atoms with Gasteiger partial charge >= 0.3 is 0 Å². The number of carbonyl (C=O) groups is 1. The number of hydrogen-bond donors (Lipinski definition) is 4. The zero-order chi connectivity index (χ0) is 32.6. The molecule has 1 spiro atoms. The summed E-state index contributed by atoms with van der Waals surface area (Å²) in [6.07, 6.45) is 18.8. The number of fused-ring (bicyclic) bond motifs is 2.